The Morgan fingerprint density at radius 2 is 1.95 bits per heavy atom. The summed E-state index contributed by atoms with van der Waals surface area (Å²) < 4.78 is 28.3. The van der Waals surface area contributed by atoms with E-state index in [-0.39, 0.29) is 22.4 Å². The summed E-state index contributed by atoms with van der Waals surface area (Å²) in [5.41, 5.74) is 0.207. The Kier molecular flexibility index (Phi) is 5.74. The third-order valence-electron chi connectivity index (χ3n) is 3.03. The van der Waals surface area contributed by atoms with Crippen molar-refractivity contribution in [3.63, 3.8) is 0 Å². The molecule has 0 aromatic heterocycles. The molecule has 2 N–H and O–H groups in total. The van der Waals surface area contributed by atoms with Crippen LogP contribution < -0.4 is 9.88 Å². The molecular weight excluding hydrogens is 292 g/mol. The SMILES string of the molecule is CCOc1ccc(S(N)(=O)=O)cc1C(=O)N(CC)C(C)C. The fourth-order valence-corrected chi connectivity index (χ4v) is 2.57. The van der Waals surface area contributed by atoms with E-state index < -0.39 is 10.0 Å². The molecule has 0 unspecified atom stereocenters. The first-order chi connectivity index (χ1) is 9.72. The van der Waals surface area contributed by atoms with Crippen LogP contribution in [0.25, 0.3) is 0 Å². The van der Waals surface area contributed by atoms with Gasteiger partial charge in [0.1, 0.15) is 5.75 Å². The van der Waals surface area contributed by atoms with Gasteiger partial charge in [0.2, 0.25) is 10.0 Å². The highest BCUT2D eigenvalue weighted by Crippen LogP contribution is 2.24. The molecule has 0 heterocycles. The van der Waals surface area contributed by atoms with E-state index in [1.807, 2.05) is 20.8 Å². The van der Waals surface area contributed by atoms with Crippen LogP contribution in [-0.2, 0) is 10.0 Å². The number of nitrogens with two attached hydrogens (primary N) is 1. The molecule has 6 nitrogen and oxygen atoms in total. The molecule has 7 heteroatoms. The number of primary sulfonamides is 1. The molecule has 1 amide bonds. The average molecular weight is 314 g/mol. The summed E-state index contributed by atoms with van der Waals surface area (Å²) in [4.78, 5) is 14.1. The lowest BCUT2D eigenvalue weighted by Gasteiger charge is -2.26. The van der Waals surface area contributed by atoms with E-state index in [2.05, 4.69) is 0 Å². The van der Waals surface area contributed by atoms with Gasteiger partial charge in [0.25, 0.3) is 5.91 Å². The van der Waals surface area contributed by atoms with Crippen molar-refractivity contribution in [2.75, 3.05) is 13.2 Å². The zero-order valence-corrected chi connectivity index (χ0v) is 13.6. The zero-order valence-electron chi connectivity index (χ0n) is 12.8. The summed E-state index contributed by atoms with van der Waals surface area (Å²) in [6.45, 7) is 8.34. The highest BCUT2D eigenvalue weighted by molar-refractivity contribution is 7.89. The molecule has 0 bridgehead atoms. The summed E-state index contributed by atoms with van der Waals surface area (Å²) in [6.07, 6.45) is 0. The average Bonchev–Trinajstić information content (AvgIpc) is 2.38. The van der Waals surface area contributed by atoms with Gasteiger partial charge in [-0.3, -0.25) is 4.79 Å². The third-order valence-corrected chi connectivity index (χ3v) is 3.95. The highest BCUT2D eigenvalue weighted by Gasteiger charge is 2.23. The summed E-state index contributed by atoms with van der Waals surface area (Å²) >= 11 is 0. The minimum absolute atomic E-state index is 0.00452. The lowest BCUT2D eigenvalue weighted by molar-refractivity contribution is 0.0712. The molecule has 0 fully saturated rings. The minimum Gasteiger partial charge on any atom is -0.493 e. The first kappa shape index (κ1) is 17.5. The van der Waals surface area contributed by atoms with Gasteiger partial charge in [0.05, 0.1) is 17.1 Å². The quantitative estimate of drug-likeness (QED) is 0.863. The predicted octanol–water partition coefficient (Wildman–Crippen LogP) is 1.60. The van der Waals surface area contributed by atoms with Crippen LogP contribution in [0.4, 0.5) is 0 Å². The van der Waals surface area contributed by atoms with E-state index in [4.69, 9.17) is 9.88 Å². The van der Waals surface area contributed by atoms with Crippen molar-refractivity contribution in [1.82, 2.24) is 4.90 Å². The summed E-state index contributed by atoms with van der Waals surface area (Å²) in [5, 5.41) is 5.12. The normalized spacial score (nSPS) is 11.5. The molecule has 0 saturated heterocycles. The number of carbonyl (C=O) groups is 1. The minimum atomic E-state index is -3.87. The van der Waals surface area contributed by atoms with Gasteiger partial charge in [-0.25, -0.2) is 13.6 Å². The summed E-state index contributed by atoms with van der Waals surface area (Å²) in [6, 6.07) is 4.07. The molecule has 0 aliphatic carbocycles. The number of nitrogens with zero attached hydrogens (tertiary/aromatic N) is 1. The smallest absolute Gasteiger partial charge is 0.257 e. The van der Waals surface area contributed by atoms with Crippen molar-refractivity contribution in [3.05, 3.63) is 23.8 Å². The Balaban J connectivity index is 3.38. The van der Waals surface area contributed by atoms with Crippen molar-refractivity contribution in [2.45, 2.75) is 38.6 Å². The van der Waals surface area contributed by atoms with E-state index in [1.165, 1.54) is 18.2 Å². The van der Waals surface area contributed by atoms with E-state index in [9.17, 15) is 13.2 Å². The fourth-order valence-electron chi connectivity index (χ4n) is 2.03. The lowest BCUT2D eigenvalue weighted by atomic mass is 10.1. The number of rotatable bonds is 6. The number of ether oxygens (including phenoxy) is 1. The van der Waals surface area contributed by atoms with Crippen LogP contribution in [0.5, 0.6) is 5.75 Å². The van der Waals surface area contributed by atoms with E-state index >= 15 is 0 Å². The van der Waals surface area contributed by atoms with Gasteiger partial charge in [0.15, 0.2) is 0 Å². The maximum Gasteiger partial charge on any atom is 0.257 e. The van der Waals surface area contributed by atoms with E-state index in [0.717, 1.165) is 0 Å². The van der Waals surface area contributed by atoms with Gasteiger partial charge >= 0.3 is 0 Å². The van der Waals surface area contributed by atoms with Gasteiger partial charge in [-0.15, -0.1) is 0 Å². The van der Waals surface area contributed by atoms with Crippen LogP contribution in [-0.4, -0.2) is 38.4 Å². The Morgan fingerprint density at radius 3 is 2.38 bits per heavy atom. The first-order valence-corrected chi connectivity index (χ1v) is 8.37. The van der Waals surface area contributed by atoms with Crippen LogP contribution in [0, 0.1) is 0 Å². The molecule has 0 saturated carbocycles. The van der Waals surface area contributed by atoms with Crippen molar-refractivity contribution in [2.24, 2.45) is 5.14 Å². The first-order valence-electron chi connectivity index (χ1n) is 6.83. The van der Waals surface area contributed by atoms with Gasteiger partial charge < -0.3 is 9.64 Å². The second-order valence-electron chi connectivity index (χ2n) is 4.82. The number of benzene rings is 1. The molecule has 0 aliphatic rings. The molecular formula is C14H22N2O4S. The number of amides is 1. The molecule has 1 rings (SSSR count). The molecule has 0 radical (unpaired) electrons. The second-order valence-corrected chi connectivity index (χ2v) is 6.38. The molecule has 0 atom stereocenters. The predicted molar refractivity (Wildman–Crippen MR) is 80.8 cm³/mol. The Labute approximate surface area is 125 Å². The molecule has 0 aliphatic heterocycles. The second kappa shape index (κ2) is 6.91. The molecule has 118 valence electrons. The van der Waals surface area contributed by atoms with Gasteiger partial charge in [0, 0.05) is 12.6 Å². The van der Waals surface area contributed by atoms with Gasteiger partial charge in [-0.05, 0) is 45.9 Å². The molecule has 1 aromatic carbocycles. The van der Waals surface area contributed by atoms with Crippen LogP contribution >= 0.6 is 0 Å². The maximum absolute atomic E-state index is 12.6. The van der Waals surface area contributed by atoms with E-state index in [1.54, 1.807) is 11.8 Å². The fraction of sp³-hybridized carbons (Fsp3) is 0.500. The van der Waals surface area contributed by atoms with Crippen LogP contribution in [0.3, 0.4) is 0 Å². The standard InChI is InChI=1S/C14H22N2O4S/c1-5-16(10(3)4)14(17)12-9-11(21(15,18)19)7-8-13(12)20-6-2/h7-10H,5-6H2,1-4H3,(H2,15,18,19). The van der Waals surface area contributed by atoms with Crippen LogP contribution in [0.2, 0.25) is 0 Å². The lowest BCUT2D eigenvalue weighted by Crippen LogP contribution is -2.37. The summed E-state index contributed by atoms with van der Waals surface area (Å²) in [5.74, 6) is 0.0791. The van der Waals surface area contributed by atoms with Gasteiger partial charge in [-0.1, -0.05) is 0 Å². The van der Waals surface area contributed by atoms with Crippen molar-refractivity contribution >= 4 is 15.9 Å². The molecule has 21 heavy (non-hydrogen) atoms. The van der Waals surface area contributed by atoms with Gasteiger partial charge in [-0.2, -0.15) is 0 Å². The zero-order chi connectivity index (χ0) is 16.2. The Bertz CT molecular complexity index is 611. The van der Waals surface area contributed by atoms with Crippen molar-refractivity contribution in [3.8, 4) is 5.75 Å². The number of carbonyl (C=O) groups excluding carboxylic acids is 1. The monoisotopic (exact) mass is 314 g/mol. The number of hydrogen-bond donors (Lipinski definition) is 1. The topological polar surface area (TPSA) is 89.7 Å². The number of hydrogen-bond acceptors (Lipinski definition) is 4. The van der Waals surface area contributed by atoms with Crippen molar-refractivity contribution < 1.29 is 17.9 Å². The molecule has 1 aromatic rings. The highest BCUT2D eigenvalue weighted by atomic mass is 32.2. The van der Waals surface area contributed by atoms with Crippen molar-refractivity contribution in [1.29, 1.82) is 0 Å². The van der Waals surface area contributed by atoms with Crippen LogP contribution in [0.1, 0.15) is 38.1 Å². The number of sulfonamides is 1. The largest absolute Gasteiger partial charge is 0.493 e. The summed E-state index contributed by atoms with van der Waals surface area (Å²) in [7, 11) is -3.87. The van der Waals surface area contributed by atoms with E-state index in [0.29, 0.717) is 18.9 Å². The molecule has 0 spiro atoms. The third kappa shape index (κ3) is 4.18. The Morgan fingerprint density at radius 1 is 1.33 bits per heavy atom. The maximum atomic E-state index is 12.6. The Hall–Kier alpha value is -1.60. The van der Waals surface area contributed by atoms with Crippen LogP contribution in [0.15, 0.2) is 23.1 Å².